The van der Waals surface area contributed by atoms with Crippen molar-refractivity contribution in [3.63, 3.8) is 0 Å². The van der Waals surface area contributed by atoms with Crippen molar-refractivity contribution in [3.05, 3.63) is 35.6 Å². The van der Waals surface area contributed by atoms with E-state index in [1.807, 2.05) is 6.07 Å². The van der Waals surface area contributed by atoms with Crippen LogP contribution in [-0.2, 0) is 11.2 Å². The zero-order chi connectivity index (χ0) is 21.6. The summed E-state index contributed by atoms with van der Waals surface area (Å²) < 4.78 is 25.9. The average molecular weight is 426 g/mol. The van der Waals surface area contributed by atoms with Gasteiger partial charge in [-0.3, -0.25) is 4.79 Å². The number of nitrogens with one attached hydrogen (secondary N) is 1. The highest BCUT2D eigenvalue weighted by Crippen LogP contribution is 2.32. The lowest BCUT2D eigenvalue weighted by atomic mass is 10.0. The van der Waals surface area contributed by atoms with Gasteiger partial charge in [0.1, 0.15) is 24.1 Å². The molecule has 3 atom stereocenters. The molecule has 2 amide bonds. The number of carbonyl (C=O) groups excluding carboxylic acids is 1. The summed E-state index contributed by atoms with van der Waals surface area (Å²) in [5.74, 6) is -0.239. The summed E-state index contributed by atoms with van der Waals surface area (Å²) in [6.07, 6.45) is -1.23. The number of rotatable bonds is 8. The van der Waals surface area contributed by atoms with Crippen LogP contribution in [-0.4, -0.2) is 57.3 Å². The van der Waals surface area contributed by atoms with Crippen LogP contribution in [0.1, 0.15) is 32.3 Å². The first-order valence-electron chi connectivity index (χ1n) is 9.36. The maximum absolute atomic E-state index is 13.7. The molecule has 1 saturated heterocycles. The SMILES string of the molecule is CC(C)(SCCCc1ccc(F)cc1)[C@H](NC(=O)O)C(=O)N1C[C@@H](F)C[C@H]1C#N. The molecule has 0 saturated carbocycles. The number of aryl methyl sites for hydroxylation is 1. The Balaban J connectivity index is 2.01. The summed E-state index contributed by atoms with van der Waals surface area (Å²) in [6.45, 7) is 3.29. The van der Waals surface area contributed by atoms with E-state index < -0.39 is 35.0 Å². The Morgan fingerprint density at radius 1 is 1.41 bits per heavy atom. The van der Waals surface area contributed by atoms with Gasteiger partial charge in [-0.1, -0.05) is 12.1 Å². The van der Waals surface area contributed by atoms with E-state index in [1.54, 1.807) is 26.0 Å². The third kappa shape index (κ3) is 6.32. The van der Waals surface area contributed by atoms with E-state index in [4.69, 9.17) is 0 Å². The Labute approximate surface area is 173 Å². The van der Waals surface area contributed by atoms with E-state index in [0.29, 0.717) is 5.75 Å². The lowest BCUT2D eigenvalue weighted by Crippen LogP contribution is -2.58. The number of halogens is 2. The van der Waals surface area contributed by atoms with Crippen molar-refractivity contribution in [1.82, 2.24) is 10.2 Å². The predicted molar refractivity (Wildman–Crippen MR) is 107 cm³/mol. The molecule has 158 valence electrons. The van der Waals surface area contributed by atoms with Crippen molar-refractivity contribution in [2.75, 3.05) is 12.3 Å². The van der Waals surface area contributed by atoms with Gasteiger partial charge in [0.15, 0.2) is 0 Å². The molecule has 0 aliphatic carbocycles. The van der Waals surface area contributed by atoms with Crippen molar-refractivity contribution in [2.45, 2.75) is 56.1 Å². The van der Waals surface area contributed by atoms with Crippen LogP contribution in [0.3, 0.4) is 0 Å². The molecule has 2 rings (SSSR count). The quantitative estimate of drug-likeness (QED) is 0.623. The monoisotopic (exact) mass is 425 g/mol. The van der Waals surface area contributed by atoms with Crippen molar-refractivity contribution in [1.29, 1.82) is 5.26 Å². The molecule has 6 nitrogen and oxygen atoms in total. The van der Waals surface area contributed by atoms with Gasteiger partial charge in [0.05, 0.1) is 12.6 Å². The summed E-state index contributed by atoms with van der Waals surface area (Å²) in [5, 5.41) is 20.6. The number of nitrogens with zero attached hydrogens (tertiary/aromatic N) is 2. The number of thioether (sulfide) groups is 1. The second-order valence-electron chi connectivity index (χ2n) is 7.53. The average Bonchev–Trinajstić information content (AvgIpc) is 3.05. The molecule has 1 aromatic rings. The van der Waals surface area contributed by atoms with Crippen LogP contribution in [0.15, 0.2) is 24.3 Å². The molecular weight excluding hydrogens is 400 g/mol. The third-order valence-corrected chi connectivity index (χ3v) is 6.36. The molecule has 0 spiro atoms. The highest BCUT2D eigenvalue weighted by molar-refractivity contribution is 8.00. The van der Waals surface area contributed by atoms with Crippen molar-refractivity contribution >= 4 is 23.8 Å². The van der Waals surface area contributed by atoms with E-state index in [0.717, 1.165) is 23.3 Å². The maximum Gasteiger partial charge on any atom is 0.405 e. The van der Waals surface area contributed by atoms with E-state index >= 15 is 0 Å². The van der Waals surface area contributed by atoms with Gasteiger partial charge in [0.2, 0.25) is 5.91 Å². The summed E-state index contributed by atoms with van der Waals surface area (Å²) in [5.41, 5.74) is 0.990. The Kier molecular flexibility index (Phi) is 7.85. The highest BCUT2D eigenvalue weighted by atomic mass is 32.2. The highest BCUT2D eigenvalue weighted by Gasteiger charge is 2.44. The van der Waals surface area contributed by atoms with E-state index in [-0.39, 0.29) is 18.8 Å². The van der Waals surface area contributed by atoms with Crippen molar-refractivity contribution in [3.8, 4) is 6.07 Å². The Morgan fingerprint density at radius 2 is 2.07 bits per heavy atom. The number of carbonyl (C=O) groups is 2. The molecule has 0 radical (unpaired) electrons. The molecule has 0 unspecified atom stereocenters. The van der Waals surface area contributed by atoms with E-state index in [9.17, 15) is 28.7 Å². The van der Waals surface area contributed by atoms with Crippen LogP contribution in [0.4, 0.5) is 13.6 Å². The van der Waals surface area contributed by atoms with Gasteiger partial charge < -0.3 is 15.3 Å². The Bertz CT molecular complexity index is 767. The van der Waals surface area contributed by atoms with Crippen LogP contribution in [0, 0.1) is 17.1 Å². The van der Waals surface area contributed by atoms with Gasteiger partial charge >= 0.3 is 6.09 Å². The number of likely N-dealkylation sites (tertiary alicyclic amines) is 1. The first-order chi connectivity index (χ1) is 13.6. The summed E-state index contributed by atoms with van der Waals surface area (Å²) in [7, 11) is 0. The first-order valence-corrected chi connectivity index (χ1v) is 10.3. The summed E-state index contributed by atoms with van der Waals surface area (Å²) >= 11 is 1.42. The van der Waals surface area contributed by atoms with Crippen LogP contribution in [0.25, 0.3) is 0 Å². The molecule has 1 aromatic carbocycles. The third-order valence-electron chi connectivity index (χ3n) is 4.89. The minimum atomic E-state index is -1.35. The lowest BCUT2D eigenvalue weighted by Gasteiger charge is -2.35. The zero-order valence-electron chi connectivity index (χ0n) is 16.4. The van der Waals surface area contributed by atoms with E-state index in [1.165, 1.54) is 23.9 Å². The minimum Gasteiger partial charge on any atom is -0.465 e. The summed E-state index contributed by atoms with van der Waals surface area (Å²) in [6, 6.07) is 6.14. The number of hydrogen-bond acceptors (Lipinski definition) is 4. The number of benzene rings is 1. The van der Waals surface area contributed by atoms with E-state index in [2.05, 4.69) is 5.32 Å². The molecular formula is C20H25F2N3O3S. The van der Waals surface area contributed by atoms with Crippen LogP contribution in [0.5, 0.6) is 0 Å². The van der Waals surface area contributed by atoms with Gasteiger partial charge in [-0.25, -0.2) is 13.6 Å². The topological polar surface area (TPSA) is 93.4 Å². The Morgan fingerprint density at radius 3 is 2.66 bits per heavy atom. The zero-order valence-corrected chi connectivity index (χ0v) is 17.2. The van der Waals surface area contributed by atoms with Gasteiger partial charge in [0.25, 0.3) is 0 Å². The van der Waals surface area contributed by atoms with Crippen molar-refractivity contribution in [2.24, 2.45) is 0 Å². The number of nitriles is 1. The normalized spacial score (nSPS) is 20.2. The van der Waals surface area contributed by atoms with Gasteiger partial charge in [0, 0.05) is 11.2 Å². The second kappa shape index (κ2) is 9.92. The van der Waals surface area contributed by atoms with Gasteiger partial charge in [-0.2, -0.15) is 17.0 Å². The molecule has 1 aliphatic heterocycles. The molecule has 29 heavy (non-hydrogen) atoms. The summed E-state index contributed by atoms with van der Waals surface area (Å²) in [4.78, 5) is 25.4. The molecule has 1 heterocycles. The fourth-order valence-corrected chi connectivity index (χ4v) is 4.46. The van der Waals surface area contributed by atoms with Crippen LogP contribution < -0.4 is 5.32 Å². The second-order valence-corrected chi connectivity index (χ2v) is 9.28. The number of alkyl halides is 1. The largest absolute Gasteiger partial charge is 0.465 e. The van der Waals surface area contributed by atoms with Crippen LogP contribution >= 0.6 is 11.8 Å². The Hall–Kier alpha value is -2.34. The van der Waals surface area contributed by atoms with Gasteiger partial charge in [-0.05, 0) is 50.1 Å². The first kappa shape index (κ1) is 22.9. The van der Waals surface area contributed by atoms with Crippen molar-refractivity contribution < 1.29 is 23.5 Å². The smallest absolute Gasteiger partial charge is 0.405 e. The molecule has 0 aromatic heterocycles. The minimum absolute atomic E-state index is 0.0622. The molecule has 0 bridgehead atoms. The lowest BCUT2D eigenvalue weighted by molar-refractivity contribution is -0.134. The van der Waals surface area contributed by atoms with Crippen LogP contribution in [0.2, 0.25) is 0 Å². The number of carboxylic acid groups (broad SMARTS) is 1. The number of hydrogen-bond donors (Lipinski definition) is 2. The molecule has 1 fully saturated rings. The predicted octanol–water partition coefficient (Wildman–Crippen LogP) is 3.37. The van der Waals surface area contributed by atoms with Gasteiger partial charge in [-0.15, -0.1) is 0 Å². The molecule has 1 aliphatic rings. The maximum atomic E-state index is 13.7. The fraction of sp³-hybridized carbons (Fsp3) is 0.550. The standard InChI is InChI=1S/C20H25F2N3O3S/c1-20(2,29-9-3-4-13-5-7-14(21)8-6-13)17(24-19(27)28)18(26)25-12-15(22)10-16(25)11-23/h5-8,15-17,24H,3-4,9-10,12H2,1-2H3,(H,27,28)/t15-,16-,17+/m0/s1. The molecule has 9 heteroatoms. The fourth-order valence-electron chi connectivity index (χ4n) is 3.32. The molecule has 2 N–H and O–H groups in total. The number of amides is 2.